The van der Waals surface area contributed by atoms with Gasteiger partial charge in [-0.2, -0.15) is 0 Å². The molecule has 3 rings (SSSR count). The first kappa shape index (κ1) is 14.9. The van der Waals surface area contributed by atoms with Crippen LogP contribution in [0.4, 0.5) is 0 Å². The Morgan fingerprint density at radius 3 is 2.50 bits per heavy atom. The molecular formula is C15H12ClNO4S. The summed E-state index contributed by atoms with van der Waals surface area (Å²) >= 11 is 5.79. The second-order valence-corrected chi connectivity index (χ2v) is 7.37. The highest BCUT2D eigenvalue weighted by molar-refractivity contribution is 7.90. The smallest absolute Gasteiger partial charge is 0.408 e. The van der Waals surface area contributed by atoms with E-state index in [0.717, 1.165) is 0 Å². The number of benzene rings is 2. The van der Waals surface area contributed by atoms with Gasteiger partial charge in [0.05, 0.1) is 16.2 Å². The molecule has 0 spiro atoms. The van der Waals surface area contributed by atoms with Gasteiger partial charge in [-0.15, -0.1) is 0 Å². The summed E-state index contributed by atoms with van der Waals surface area (Å²) in [6.45, 7) is 0. The highest BCUT2D eigenvalue weighted by atomic mass is 35.5. The fourth-order valence-corrected chi connectivity index (χ4v) is 3.68. The highest BCUT2D eigenvalue weighted by Crippen LogP contribution is 2.22. The summed E-state index contributed by atoms with van der Waals surface area (Å²) < 4.78 is 31.3. The lowest BCUT2D eigenvalue weighted by molar-refractivity contribution is 0.527. The summed E-state index contributed by atoms with van der Waals surface area (Å²) in [5.74, 6) is -0.672. The van der Waals surface area contributed by atoms with Gasteiger partial charge in [-0.25, -0.2) is 13.2 Å². The van der Waals surface area contributed by atoms with Crippen LogP contribution in [0.5, 0.6) is 0 Å². The van der Waals surface area contributed by atoms with E-state index in [1.54, 1.807) is 37.4 Å². The van der Waals surface area contributed by atoms with Crippen molar-refractivity contribution >= 4 is 32.5 Å². The average Bonchev–Trinajstić information content (AvgIpc) is 2.76. The van der Waals surface area contributed by atoms with Crippen molar-refractivity contribution in [3.8, 4) is 0 Å². The van der Waals surface area contributed by atoms with Crippen molar-refractivity contribution in [3.63, 3.8) is 0 Å². The summed E-state index contributed by atoms with van der Waals surface area (Å²) in [7, 11) is -1.97. The van der Waals surface area contributed by atoms with Crippen LogP contribution in [0.15, 0.2) is 56.6 Å². The largest absolute Gasteiger partial charge is 0.419 e. The van der Waals surface area contributed by atoms with Crippen LogP contribution in [-0.2, 0) is 22.6 Å². The predicted octanol–water partition coefficient (Wildman–Crippen LogP) is 2.76. The van der Waals surface area contributed by atoms with Gasteiger partial charge < -0.3 is 4.42 Å². The van der Waals surface area contributed by atoms with Crippen LogP contribution in [0.3, 0.4) is 0 Å². The molecule has 1 aromatic heterocycles. The molecule has 3 aromatic rings. The molecule has 0 unspecified atom stereocenters. The number of hydrogen-bond donors (Lipinski definition) is 0. The first-order valence-corrected chi connectivity index (χ1v) is 8.47. The molecule has 5 nitrogen and oxygen atoms in total. The van der Waals surface area contributed by atoms with Crippen LogP contribution in [0.1, 0.15) is 5.56 Å². The van der Waals surface area contributed by atoms with Gasteiger partial charge in [0.2, 0.25) is 0 Å². The van der Waals surface area contributed by atoms with Crippen molar-refractivity contribution in [1.29, 1.82) is 0 Å². The van der Waals surface area contributed by atoms with Gasteiger partial charge in [0.1, 0.15) is 0 Å². The Morgan fingerprint density at radius 1 is 1.14 bits per heavy atom. The number of aryl methyl sites for hydroxylation is 1. The normalized spacial score (nSPS) is 11.9. The third-order valence-electron chi connectivity index (χ3n) is 3.39. The molecule has 0 fully saturated rings. The lowest BCUT2D eigenvalue weighted by atomic mass is 10.2. The SMILES string of the molecule is Cn1c(=O)oc2cc(S(=O)(=O)Cc3ccc(Cl)cc3)ccc21. The zero-order valence-electron chi connectivity index (χ0n) is 11.6. The van der Waals surface area contributed by atoms with E-state index < -0.39 is 15.6 Å². The number of rotatable bonds is 3. The van der Waals surface area contributed by atoms with Crippen LogP contribution in [0.25, 0.3) is 11.1 Å². The van der Waals surface area contributed by atoms with Crippen LogP contribution in [0.2, 0.25) is 5.02 Å². The van der Waals surface area contributed by atoms with Gasteiger partial charge in [0, 0.05) is 18.1 Å². The van der Waals surface area contributed by atoms with Crippen LogP contribution in [0, 0.1) is 0 Å². The molecule has 0 aliphatic heterocycles. The third-order valence-corrected chi connectivity index (χ3v) is 5.33. The van der Waals surface area contributed by atoms with Gasteiger partial charge in [-0.1, -0.05) is 23.7 Å². The van der Waals surface area contributed by atoms with E-state index in [2.05, 4.69) is 0 Å². The lowest BCUT2D eigenvalue weighted by Gasteiger charge is -2.05. The molecule has 1 heterocycles. The number of fused-ring (bicyclic) bond motifs is 1. The Morgan fingerprint density at radius 2 is 1.82 bits per heavy atom. The minimum absolute atomic E-state index is 0.115. The predicted molar refractivity (Wildman–Crippen MR) is 83.8 cm³/mol. The van der Waals surface area contributed by atoms with E-state index >= 15 is 0 Å². The maximum absolute atomic E-state index is 12.5. The Bertz CT molecular complexity index is 1000. The van der Waals surface area contributed by atoms with E-state index in [1.807, 2.05) is 0 Å². The fourth-order valence-electron chi connectivity index (χ4n) is 2.19. The Balaban J connectivity index is 2.01. The summed E-state index contributed by atoms with van der Waals surface area (Å²) in [5, 5.41) is 0.550. The van der Waals surface area contributed by atoms with Gasteiger partial charge in [0.25, 0.3) is 0 Å². The van der Waals surface area contributed by atoms with E-state index in [4.69, 9.17) is 16.0 Å². The minimum Gasteiger partial charge on any atom is -0.408 e. The van der Waals surface area contributed by atoms with Gasteiger partial charge >= 0.3 is 5.76 Å². The molecule has 0 radical (unpaired) electrons. The monoisotopic (exact) mass is 337 g/mol. The molecule has 0 amide bonds. The molecular weight excluding hydrogens is 326 g/mol. The molecule has 7 heteroatoms. The molecule has 2 aromatic carbocycles. The van der Waals surface area contributed by atoms with E-state index in [-0.39, 0.29) is 16.2 Å². The van der Waals surface area contributed by atoms with E-state index in [1.165, 1.54) is 16.7 Å². The molecule has 22 heavy (non-hydrogen) atoms. The van der Waals surface area contributed by atoms with Crippen molar-refractivity contribution in [1.82, 2.24) is 4.57 Å². The minimum atomic E-state index is -3.54. The maximum atomic E-state index is 12.5. The number of sulfone groups is 1. The standard InChI is InChI=1S/C15H12ClNO4S/c1-17-13-7-6-12(8-14(13)21-15(17)18)22(19,20)9-10-2-4-11(16)5-3-10/h2-8H,9H2,1H3. The summed E-state index contributed by atoms with van der Waals surface area (Å²) in [5.41, 5.74) is 1.44. The van der Waals surface area contributed by atoms with E-state index in [9.17, 15) is 13.2 Å². The molecule has 0 bridgehead atoms. The van der Waals surface area contributed by atoms with Crippen molar-refractivity contribution in [2.45, 2.75) is 10.6 Å². The van der Waals surface area contributed by atoms with Crippen molar-refractivity contribution in [2.75, 3.05) is 0 Å². The molecule has 0 N–H and O–H groups in total. The van der Waals surface area contributed by atoms with Crippen molar-refractivity contribution < 1.29 is 12.8 Å². The molecule has 114 valence electrons. The molecule has 0 atom stereocenters. The summed E-state index contributed by atoms with van der Waals surface area (Å²) in [4.78, 5) is 11.6. The van der Waals surface area contributed by atoms with Crippen LogP contribution in [-0.4, -0.2) is 13.0 Å². The summed E-state index contributed by atoms with van der Waals surface area (Å²) in [6.07, 6.45) is 0. The second kappa shape index (κ2) is 5.30. The number of aromatic nitrogens is 1. The molecule has 0 aliphatic rings. The average molecular weight is 338 g/mol. The van der Waals surface area contributed by atoms with Crippen molar-refractivity contribution in [3.05, 3.63) is 63.6 Å². The number of nitrogens with zero attached hydrogens (tertiary/aromatic N) is 1. The zero-order valence-corrected chi connectivity index (χ0v) is 13.2. The number of halogens is 1. The lowest BCUT2D eigenvalue weighted by Crippen LogP contribution is -2.08. The Kier molecular flexibility index (Phi) is 3.58. The first-order valence-electron chi connectivity index (χ1n) is 6.43. The molecule has 0 saturated heterocycles. The Labute approximate surface area is 131 Å². The summed E-state index contributed by atoms with van der Waals surface area (Å²) in [6, 6.07) is 11.0. The Hall–Kier alpha value is -2.05. The zero-order chi connectivity index (χ0) is 15.9. The second-order valence-electron chi connectivity index (χ2n) is 4.94. The van der Waals surface area contributed by atoms with Crippen LogP contribution >= 0.6 is 11.6 Å². The van der Waals surface area contributed by atoms with Gasteiger partial charge in [0.15, 0.2) is 15.4 Å². The molecule has 0 saturated carbocycles. The fraction of sp³-hybridized carbons (Fsp3) is 0.133. The number of hydrogen-bond acceptors (Lipinski definition) is 4. The third kappa shape index (κ3) is 2.67. The van der Waals surface area contributed by atoms with Gasteiger partial charge in [-0.05, 0) is 29.8 Å². The maximum Gasteiger partial charge on any atom is 0.419 e. The van der Waals surface area contributed by atoms with Crippen LogP contribution < -0.4 is 5.76 Å². The molecule has 0 aliphatic carbocycles. The van der Waals surface area contributed by atoms with Crippen molar-refractivity contribution in [2.24, 2.45) is 7.05 Å². The first-order chi connectivity index (χ1) is 10.4. The highest BCUT2D eigenvalue weighted by Gasteiger charge is 2.17. The number of oxazole rings is 1. The topological polar surface area (TPSA) is 69.3 Å². The quantitative estimate of drug-likeness (QED) is 0.737. The van der Waals surface area contributed by atoms with E-state index in [0.29, 0.717) is 16.1 Å². The van der Waals surface area contributed by atoms with Gasteiger partial charge in [-0.3, -0.25) is 4.57 Å².